The van der Waals surface area contributed by atoms with E-state index in [1.807, 2.05) is 0 Å². The van der Waals surface area contributed by atoms with Crippen LogP contribution in [0, 0.1) is 0 Å². The summed E-state index contributed by atoms with van der Waals surface area (Å²) in [6.45, 7) is 6.45. The Balaban J connectivity index is 4.22. The summed E-state index contributed by atoms with van der Waals surface area (Å²) >= 11 is 0. The molecule has 6 nitrogen and oxygen atoms in total. The van der Waals surface area contributed by atoms with Gasteiger partial charge in [-0.05, 0) is 116 Å². The maximum atomic E-state index is 12.8. The molecule has 0 aromatic heterocycles. The zero-order valence-electron chi connectivity index (χ0n) is 46.7. The molecule has 0 aromatic carbocycles. The molecule has 0 rings (SSSR count). The quantitative estimate of drug-likeness (QED) is 0.0261. The average Bonchev–Trinajstić information content (AvgIpc) is 3.38. The van der Waals surface area contributed by atoms with E-state index in [9.17, 15) is 14.4 Å². The number of ether oxygens (including phenoxy) is 3. The first-order valence-corrected chi connectivity index (χ1v) is 29.5. The second-order valence-electron chi connectivity index (χ2n) is 19.2. The van der Waals surface area contributed by atoms with Crippen LogP contribution in [-0.4, -0.2) is 37.2 Å². The van der Waals surface area contributed by atoms with Gasteiger partial charge in [0.25, 0.3) is 0 Å². The summed E-state index contributed by atoms with van der Waals surface area (Å²) in [4.78, 5) is 38.0. The number of unbranched alkanes of at least 4 members (excludes halogenated alkanes) is 21. The molecule has 0 radical (unpaired) electrons. The average molecular weight is 998 g/mol. The summed E-state index contributed by atoms with van der Waals surface area (Å²) in [5.74, 6) is -0.922. The monoisotopic (exact) mass is 997 g/mol. The molecule has 0 aromatic rings. The van der Waals surface area contributed by atoms with Gasteiger partial charge in [0.15, 0.2) is 6.10 Å². The van der Waals surface area contributed by atoms with Gasteiger partial charge in [-0.3, -0.25) is 14.4 Å². The van der Waals surface area contributed by atoms with Crippen molar-refractivity contribution < 1.29 is 28.6 Å². The van der Waals surface area contributed by atoms with Crippen molar-refractivity contribution in [3.63, 3.8) is 0 Å². The van der Waals surface area contributed by atoms with Crippen molar-refractivity contribution in [1.29, 1.82) is 0 Å². The normalized spacial score (nSPS) is 13.0. The third-order valence-corrected chi connectivity index (χ3v) is 12.2. The number of hydrogen-bond donors (Lipinski definition) is 0. The highest BCUT2D eigenvalue weighted by Crippen LogP contribution is 2.14. The van der Waals surface area contributed by atoms with Gasteiger partial charge in [-0.2, -0.15) is 0 Å². The Bertz CT molecular complexity index is 1520. The second-order valence-corrected chi connectivity index (χ2v) is 19.2. The molecule has 0 spiro atoms. The van der Waals surface area contributed by atoms with Gasteiger partial charge in [0, 0.05) is 19.3 Å². The van der Waals surface area contributed by atoms with Crippen LogP contribution in [0.2, 0.25) is 0 Å². The fraction of sp³-hybridized carbons (Fsp3) is 0.652. The maximum absolute atomic E-state index is 12.8. The molecular weight excluding hydrogens is 889 g/mol. The third-order valence-electron chi connectivity index (χ3n) is 12.2. The SMILES string of the molecule is CC/C=C\C/C=C\C/C=C\C/C=C\C/C=C\C/C=C\C/C=C\C/C=C\C/C=C\CCCCCCCC(=O)OCC(COC(=O)CCCCCCCCCCC)OC(=O)CCCCCCC/C=C\CCCCC. The number of hydrogen-bond acceptors (Lipinski definition) is 6. The Morgan fingerprint density at radius 3 is 0.889 bits per heavy atom. The lowest BCUT2D eigenvalue weighted by Crippen LogP contribution is -2.30. The van der Waals surface area contributed by atoms with Crippen LogP contribution in [0.5, 0.6) is 0 Å². The highest BCUT2D eigenvalue weighted by molar-refractivity contribution is 5.71. The van der Waals surface area contributed by atoms with Crippen molar-refractivity contribution in [1.82, 2.24) is 0 Å². The topological polar surface area (TPSA) is 78.9 Å². The van der Waals surface area contributed by atoms with Gasteiger partial charge < -0.3 is 14.2 Å². The molecule has 6 heteroatoms. The van der Waals surface area contributed by atoms with Crippen molar-refractivity contribution in [2.75, 3.05) is 13.2 Å². The van der Waals surface area contributed by atoms with Gasteiger partial charge in [-0.25, -0.2) is 0 Å². The van der Waals surface area contributed by atoms with Crippen molar-refractivity contribution in [2.45, 2.75) is 264 Å². The zero-order chi connectivity index (χ0) is 52.2. The molecule has 0 N–H and O–H groups in total. The number of allylic oxidation sites excluding steroid dienone is 20. The zero-order valence-corrected chi connectivity index (χ0v) is 46.7. The van der Waals surface area contributed by atoms with E-state index in [-0.39, 0.29) is 31.1 Å². The molecule has 0 bridgehead atoms. The number of rotatable bonds is 52. The van der Waals surface area contributed by atoms with Crippen LogP contribution in [0.1, 0.15) is 258 Å². The van der Waals surface area contributed by atoms with Gasteiger partial charge in [-0.1, -0.05) is 245 Å². The smallest absolute Gasteiger partial charge is 0.306 e. The molecule has 408 valence electrons. The molecular formula is C66H108O6. The van der Waals surface area contributed by atoms with E-state index < -0.39 is 6.10 Å². The molecule has 0 aliphatic carbocycles. The highest BCUT2D eigenvalue weighted by Gasteiger charge is 2.19. The fourth-order valence-electron chi connectivity index (χ4n) is 7.78. The van der Waals surface area contributed by atoms with Gasteiger partial charge >= 0.3 is 17.9 Å². The van der Waals surface area contributed by atoms with Gasteiger partial charge in [0.2, 0.25) is 0 Å². The molecule has 0 aliphatic rings. The Morgan fingerprint density at radius 2 is 0.542 bits per heavy atom. The molecule has 0 aliphatic heterocycles. The molecule has 1 atom stereocenters. The van der Waals surface area contributed by atoms with E-state index in [4.69, 9.17) is 14.2 Å². The lowest BCUT2D eigenvalue weighted by molar-refractivity contribution is -0.167. The molecule has 0 fully saturated rings. The Kier molecular flexibility index (Phi) is 55.9. The summed E-state index contributed by atoms with van der Waals surface area (Å²) in [5.41, 5.74) is 0. The van der Waals surface area contributed by atoms with Gasteiger partial charge in [0.1, 0.15) is 13.2 Å². The Labute approximate surface area is 443 Å². The summed E-state index contributed by atoms with van der Waals surface area (Å²) in [5, 5.41) is 0. The summed E-state index contributed by atoms with van der Waals surface area (Å²) in [6.07, 6.45) is 82.1. The van der Waals surface area contributed by atoms with Crippen molar-refractivity contribution >= 4 is 17.9 Å². The standard InChI is InChI=1S/C66H108O6/c1-4-7-10-13-16-19-21-23-24-25-26-27-28-29-30-31-32-33-34-35-36-37-38-39-40-41-42-43-45-47-50-53-56-59-65(68)71-62-63(61-70-64(67)58-55-52-49-46-18-15-12-9-6-3)72-66(69)60-57-54-51-48-44-22-20-17-14-11-8-5-2/h7,10,16-17,19-20,23-24,26-27,29-30,32-33,35-36,38-39,41-42,63H,4-6,8-9,11-15,18,21-22,25,28,31,34,37,40,43-62H2,1-3H3/b10-7-,19-16-,20-17-,24-23-,27-26-,30-29-,33-32-,36-35-,39-38-,42-41-. The molecule has 0 amide bonds. The van der Waals surface area contributed by atoms with Crippen LogP contribution >= 0.6 is 0 Å². The minimum absolute atomic E-state index is 0.0877. The first-order chi connectivity index (χ1) is 35.5. The summed E-state index contributed by atoms with van der Waals surface area (Å²) < 4.78 is 16.8. The summed E-state index contributed by atoms with van der Waals surface area (Å²) in [7, 11) is 0. The van der Waals surface area contributed by atoms with E-state index in [0.717, 1.165) is 148 Å². The third kappa shape index (κ3) is 56.7. The van der Waals surface area contributed by atoms with E-state index in [0.29, 0.717) is 19.3 Å². The first kappa shape index (κ1) is 67.8. The van der Waals surface area contributed by atoms with Crippen LogP contribution in [0.4, 0.5) is 0 Å². The van der Waals surface area contributed by atoms with Crippen LogP contribution in [0.25, 0.3) is 0 Å². The highest BCUT2D eigenvalue weighted by atomic mass is 16.6. The minimum atomic E-state index is -0.789. The Morgan fingerprint density at radius 1 is 0.292 bits per heavy atom. The maximum Gasteiger partial charge on any atom is 0.306 e. The minimum Gasteiger partial charge on any atom is -0.462 e. The van der Waals surface area contributed by atoms with E-state index in [1.54, 1.807) is 0 Å². The van der Waals surface area contributed by atoms with Gasteiger partial charge in [-0.15, -0.1) is 0 Å². The van der Waals surface area contributed by atoms with Crippen molar-refractivity contribution in [3.05, 3.63) is 122 Å². The molecule has 1 unspecified atom stereocenters. The number of esters is 3. The molecule has 0 heterocycles. The van der Waals surface area contributed by atoms with Crippen LogP contribution in [0.3, 0.4) is 0 Å². The second kappa shape index (κ2) is 59.4. The van der Waals surface area contributed by atoms with Crippen LogP contribution < -0.4 is 0 Å². The van der Waals surface area contributed by atoms with Crippen molar-refractivity contribution in [2.24, 2.45) is 0 Å². The molecule has 72 heavy (non-hydrogen) atoms. The largest absolute Gasteiger partial charge is 0.462 e. The van der Waals surface area contributed by atoms with E-state index in [2.05, 4.69) is 142 Å². The Hall–Kier alpha value is -4.19. The summed E-state index contributed by atoms with van der Waals surface area (Å²) in [6, 6.07) is 0. The fourth-order valence-corrected chi connectivity index (χ4v) is 7.78. The lowest BCUT2D eigenvalue weighted by atomic mass is 10.1. The number of carbonyl (C=O) groups excluding carboxylic acids is 3. The van der Waals surface area contributed by atoms with Crippen LogP contribution in [0.15, 0.2) is 122 Å². The predicted molar refractivity (Wildman–Crippen MR) is 311 cm³/mol. The van der Waals surface area contributed by atoms with E-state index >= 15 is 0 Å². The first-order valence-electron chi connectivity index (χ1n) is 29.5. The number of carbonyl (C=O) groups is 3. The van der Waals surface area contributed by atoms with E-state index in [1.165, 1.54) is 70.6 Å². The lowest BCUT2D eigenvalue weighted by Gasteiger charge is -2.18. The van der Waals surface area contributed by atoms with Crippen molar-refractivity contribution in [3.8, 4) is 0 Å². The predicted octanol–water partition coefficient (Wildman–Crippen LogP) is 20.0. The molecule has 0 saturated carbocycles. The molecule has 0 saturated heterocycles. The van der Waals surface area contributed by atoms with Gasteiger partial charge in [0.05, 0.1) is 0 Å². The van der Waals surface area contributed by atoms with Crippen LogP contribution in [-0.2, 0) is 28.6 Å².